The largest absolute Gasteiger partial charge is 0.462 e. The summed E-state index contributed by atoms with van der Waals surface area (Å²) < 4.78 is 16.9. The number of carbonyl (C=O) groups is 3. The van der Waals surface area contributed by atoms with Crippen molar-refractivity contribution < 1.29 is 28.6 Å². The van der Waals surface area contributed by atoms with Crippen LogP contribution in [0.5, 0.6) is 0 Å². The topological polar surface area (TPSA) is 78.9 Å². The third kappa shape index (κ3) is 55.8. The Hall–Kier alpha value is -3.15. The molecule has 0 aliphatic rings. The second-order valence-electron chi connectivity index (χ2n) is 19.9. The van der Waals surface area contributed by atoms with E-state index >= 15 is 0 Å². The van der Waals surface area contributed by atoms with Gasteiger partial charge in [0.2, 0.25) is 0 Å². The van der Waals surface area contributed by atoms with Gasteiger partial charge in [0.15, 0.2) is 6.10 Å². The van der Waals surface area contributed by atoms with Crippen LogP contribution in [-0.4, -0.2) is 37.2 Å². The summed E-state index contributed by atoms with van der Waals surface area (Å²) in [4.78, 5) is 38.2. The zero-order valence-corrected chi connectivity index (χ0v) is 46.3. The van der Waals surface area contributed by atoms with E-state index in [1.165, 1.54) is 135 Å². The number of hydrogen-bond donors (Lipinski definition) is 0. The van der Waals surface area contributed by atoms with E-state index < -0.39 is 6.10 Å². The van der Waals surface area contributed by atoms with Gasteiger partial charge >= 0.3 is 17.9 Å². The maximum atomic E-state index is 12.9. The first-order valence-electron chi connectivity index (χ1n) is 29.9. The van der Waals surface area contributed by atoms with Gasteiger partial charge in [-0.25, -0.2) is 0 Å². The standard InChI is InChI=1S/C64H112O6/c1-4-7-10-13-16-19-22-25-28-30-31-32-33-35-36-39-42-45-48-51-54-57-63(66)69-60-61(59-68-62(65)56-53-50-47-44-41-38-27-24-21-18-15-12-9-6-3)70-64(67)58-55-52-49-46-43-40-37-34-29-26-23-20-17-14-11-8-5-2/h8,11,15,17-18,20,24,26-27,29,37,40,61H,4-7,9-10,12-14,16,19,21-23,25,28,30-36,38-39,41-60H2,1-3H3/b11-8-,18-15-,20-17-,27-24-,29-26-,40-37-. The van der Waals surface area contributed by atoms with E-state index in [1.54, 1.807) is 0 Å². The molecule has 70 heavy (non-hydrogen) atoms. The minimum atomic E-state index is -0.793. The predicted octanol–water partition coefficient (Wildman–Crippen LogP) is 20.2. The molecule has 0 saturated carbocycles. The van der Waals surface area contributed by atoms with Crippen LogP contribution in [0.15, 0.2) is 72.9 Å². The van der Waals surface area contributed by atoms with Gasteiger partial charge in [0, 0.05) is 19.3 Å². The zero-order valence-electron chi connectivity index (χ0n) is 46.3. The molecule has 6 heteroatoms. The quantitative estimate of drug-likeness (QED) is 0.0261. The third-order valence-corrected chi connectivity index (χ3v) is 12.9. The van der Waals surface area contributed by atoms with Crippen molar-refractivity contribution in [1.29, 1.82) is 0 Å². The summed E-state index contributed by atoms with van der Waals surface area (Å²) in [6, 6.07) is 0. The summed E-state index contributed by atoms with van der Waals surface area (Å²) in [5.41, 5.74) is 0. The third-order valence-electron chi connectivity index (χ3n) is 12.9. The maximum absolute atomic E-state index is 12.9. The van der Waals surface area contributed by atoms with E-state index in [4.69, 9.17) is 14.2 Å². The molecule has 1 atom stereocenters. The lowest BCUT2D eigenvalue weighted by Crippen LogP contribution is -2.30. The summed E-state index contributed by atoms with van der Waals surface area (Å²) >= 11 is 0. The number of hydrogen-bond acceptors (Lipinski definition) is 6. The van der Waals surface area contributed by atoms with Gasteiger partial charge in [-0.3, -0.25) is 14.4 Å². The van der Waals surface area contributed by atoms with Gasteiger partial charge in [-0.2, -0.15) is 0 Å². The SMILES string of the molecule is CC/C=C\C/C=C\C/C=C\C/C=C\CCCCCCC(=O)OC(COC(=O)CCCCCCC/C=C\C/C=C\CCCC)COC(=O)CCCCCCCCCCCCCCCCCCCCCCC. The Morgan fingerprint density at radius 2 is 0.571 bits per heavy atom. The molecular weight excluding hydrogens is 865 g/mol. The smallest absolute Gasteiger partial charge is 0.306 e. The molecule has 0 aromatic carbocycles. The lowest BCUT2D eigenvalue weighted by atomic mass is 10.0. The van der Waals surface area contributed by atoms with Crippen LogP contribution in [0.4, 0.5) is 0 Å². The molecule has 0 aliphatic carbocycles. The van der Waals surface area contributed by atoms with Gasteiger partial charge in [0.1, 0.15) is 13.2 Å². The zero-order chi connectivity index (χ0) is 50.7. The van der Waals surface area contributed by atoms with Gasteiger partial charge in [-0.05, 0) is 83.5 Å². The molecule has 0 amide bonds. The summed E-state index contributed by atoms with van der Waals surface area (Å²) in [5.74, 6) is -0.915. The average molecular weight is 978 g/mol. The number of rotatable bonds is 54. The van der Waals surface area contributed by atoms with Crippen molar-refractivity contribution in [3.05, 3.63) is 72.9 Å². The molecule has 0 aromatic rings. The van der Waals surface area contributed by atoms with Crippen LogP contribution in [0.25, 0.3) is 0 Å². The Morgan fingerprint density at radius 3 is 0.914 bits per heavy atom. The van der Waals surface area contributed by atoms with Crippen LogP contribution in [-0.2, 0) is 28.6 Å². The first-order chi connectivity index (χ1) is 34.5. The van der Waals surface area contributed by atoms with Crippen LogP contribution in [0.2, 0.25) is 0 Å². The molecule has 6 nitrogen and oxygen atoms in total. The van der Waals surface area contributed by atoms with E-state index in [2.05, 4.69) is 93.7 Å². The number of carbonyl (C=O) groups excluding carboxylic acids is 3. The van der Waals surface area contributed by atoms with E-state index in [-0.39, 0.29) is 31.1 Å². The van der Waals surface area contributed by atoms with Crippen molar-refractivity contribution in [2.75, 3.05) is 13.2 Å². The average Bonchev–Trinajstić information content (AvgIpc) is 3.36. The van der Waals surface area contributed by atoms with Gasteiger partial charge in [-0.1, -0.05) is 267 Å². The fourth-order valence-electron chi connectivity index (χ4n) is 8.45. The first-order valence-corrected chi connectivity index (χ1v) is 29.9. The van der Waals surface area contributed by atoms with Crippen molar-refractivity contribution in [3.63, 3.8) is 0 Å². The van der Waals surface area contributed by atoms with E-state index in [9.17, 15) is 14.4 Å². The molecule has 0 spiro atoms. The van der Waals surface area contributed by atoms with Gasteiger partial charge in [0.25, 0.3) is 0 Å². The summed E-state index contributed by atoms with van der Waals surface area (Å²) in [6.07, 6.45) is 74.7. The van der Waals surface area contributed by atoms with Gasteiger partial charge in [-0.15, -0.1) is 0 Å². The van der Waals surface area contributed by atoms with Crippen molar-refractivity contribution in [2.24, 2.45) is 0 Å². The lowest BCUT2D eigenvalue weighted by molar-refractivity contribution is -0.167. The highest BCUT2D eigenvalue weighted by molar-refractivity contribution is 5.71. The van der Waals surface area contributed by atoms with Crippen molar-refractivity contribution in [3.8, 4) is 0 Å². The van der Waals surface area contributed by atoms with Crippen LogP contribution in [0.3, 0.4) is 0 Å². The van der Waals surface area contributed by atoms with E-state index in [0.29, 0.717) is 19.3 Å². The highest BCUT2D eigenvalue weighted by Gasteiger charge is 2.19. The molecule has 0 saturated heterocycles. The highest BCUT2D eigenvalue weighted by Crippen LogP contribution is 2.17. The molecule has 404 valence electrons. The second kappa shape index (κ2) is 58.4. The minimum Gasteiger partial charge on any atom is -0.462 e. The van der Waals surface area contributed by atoms with Crippen LogP contribution in [0, 0.1) is 0 Å². The molecule has 0 fully saturated rings. The van der Waals surface area contributed by atoms with Crippen LogP contribution >= 0.6 is 0 Å². The number of ether oxygens (including phenoxy) is 3. The van der Waals surface area contributed by atoms with Crippen molar-refractivity contribution >= 4 is 17.9 Å². The lowest BCUT2D eigenvalue weighted by Gasteiger charge is -2.18. The molecule has 0 aliphatic heterocycles. The Morgan fingerprint density at radius 1 is 0.300 bits per heavy atom. The Bertz CT molecular complexity index is 1310. The highest BCUT2D eigenvalue weighted by atomic mass is 16.6. The maximum Gasteiger partial charge on any atom is 0.306 e. The molecule has 0 heterocycles. The summed E-state index contributed by atoms with van der Waals surface area (Å²) in [6.45, 7) is 6.49. The minimum absolute atomic E-state index is 0.0877. The first kappa shape index (κ1) is 66.9. The predicted molar refractivity (Wildman–Crippen MR) is 302 cm³/mol. The molecule has 0 radical (unpaired) electrons. The number of allylic oxidation sites excluding steroid dienone is 12. The Labute approximate surface area is 433 Å². The van der Waals surface area contributed by atoms with Gasteiger partial charge < -0.3 is 14.2 Å². The van der Waals surface area contributed by atoms with Crippen molar-refractivity contribution in [2.45, 2.75) is 303 Å². The monoisotopic (exact) mass is 977 g/mol. The van der Waals surface area contributed by atoms with Gasteiger partial charge in [0.05, 0.1) is 0 Å². The molecule has 0 bridgehead atoms. The normalized spacial score (nSPS) is 12.6. The molecule has 0 rings (SSSR count). The number of unbranched alkanes of at least 4 members (excludes halogenated alkanes) is 31. The van der Waals surface area contributed by atoms with Crippen LogP contribution in [0.1, 0.15) is 297 Å². The second-order valence-corrected chi connectivity index (χ2v) is 19.9. The fraction of sp³-hybridized carbons (Fsp3) is 0.766. The van der Waals surface area contributed by atoms with E-state index in [0.717, 1.165) is 122 Å². The Kier molecular flexibility index (Phi) is 55.8. The molecule has 0 aromatic heterocycles. The summed E-state index contributed by atoms with van der Waals surface area (Å²) in [5, 5.41) is 0. The summed E-state index contributed by atoms with van der Waals surface area (Å²) in [7, 11) is 0. The molecule has 0 N–H and O–H groups in total. The molecule has 1 unspecified atom stereocenters. The fourth-order valence-corrected chi connectivity index (χ4v) is 8.45. The Balaban J connectivity index is 4.37. The van der Waals surface area contributed by atoms with E-state index in [1.807, 2.05) is 0 Å². The van der Waals surface area contributed by atoms with Crippen LogP contribution < -0.4 is 0 Å². The molecular formula is C64H112O6. The van der Waals surface area contributed by atoms with Crippen molar-refractivity contribution in [1.82, 2.24) is 0 Å². The number of esters is 3.